The molecule has 6 heteroatoms. The Kier molecular flexibility index (Phi) is 5.36. The van der Waals surface area contributed by atoms with Crippen LogP contribution >= 0.6 is 0 Å². The van der Waals surface area contributed by atoms with Gasteiger partial charge in [-0.2, -0.15) is 0 Å². The van der Waals surface area contributed by atoms with Crippen LogP contribution in [0.5, 0.6) is 5.75 Å². The Hall–Kier alpha value is -2.37. The highest BCUT2D eigenvalue weighted by atomic mass is 16.5. The molecule has 1 amide bonds. The quantitative estimate of drug-likeness (QED) is 0.594. The fraction of sp³-hybridized carbons (Fsp3) is 0.471. The minimum Gasteiger partial charge on any atom is -0.479 e. The van der Waals surface area contributed by atoms with Crippen molar-refractivity contribution in [1.82, 2.24) is 0 Å². The lowest BCUT2D eigenvalue weighted by atomic mass is 10.1. The van der Waals surface area contributed by atoms with Crippen LogP contribution in [0.1, 0.15) is 44.0 Å². The second kappa shape index (κ2) is 7.26. The zero-order valence-electron chi connectivity index (χ0n) is 13.6. The lowest BCUT2D eigenvalue weighted by molar-refractivity contribution is -0.143. The van der Waals surface area contributed by atoms with E-state index in [1.807, 2.05) is 6.92 Å². The summed E-state index contributed by atoms with van der Waals surface area (Å²) in [4.78, 5) is 37.4. The number of esters is 1. The summed E-state index contributed by atoms with van der Waals surface area (Å²) in [6, 6.07) is 4.92. The number of amides is 1. The molecule has 0 spiro atoms. The first-order valence-electron chi connectivity index (χ1n) is 7.78. The van der Waals surface area contributed by atoms with Gasteiger partial charge in [0.15, 0.2) is 11.9 Å². The van der Waals surface area contributed by atoms with Crippen molar-refractivity contribution in [3.05, 3.63) is 23.8 Å². The number of nitrogens with zero attached hydrogens (tertiary/aromatic N) is 1. The number of carbonyl (C=O) groups excluding carboxylic acids is 3. The van der Waals surface area contributed by atoms with E-state index in [2.05, 4.69) is 0 Å². The topological polar surface area (TPSA) is 72.9 Å². The van der Waals surface area contributed by atoms with Crippen molar-refractivity contribution in [3.63, 3.8) is 0 Å². The number of fused-ring (bicyclic) bond motifs is 1. The van der Waals surface area contributed by atoms with Crippen molar-refractivity contribution in [2.45, 2.75) is 39.7 Å². The molecule has 1 atom stereocenters. The molecule has 0 aromatic heterocycles. The van der Waals surface area contributed by atoms with E-state index >= 15 is 0 Å². The number of hydrogen-bond donors (Lipinski definition) is 0. The maximum Gasteiger partial charge on any atom is 0.326 e. The van der Waals surface area contributed by atoms with Gasteiger partial charge in [-0.3, -0.25) is 19.3 Å². The van der Waals surface area contributed by atoms with Crippen LogP contribution in [0.2, 0.25) is 0 Å². The highest BCUT2D eigenvalue weighted by molar-refractivity contribution is 6.05. The predicted molar refractivity (Wildman–Crippen MR) is 84.8 cm³/mol. The molecule has 0 aliphatic carbocycles. The van der Waals surface area contributed by atoms with Crippen LogP contribution in [0.3, 0.4) is 0 Å². The Morgan fingerprint density at radius 1 is 1.30 bits per heavy atom. The number of ketones is 1. The van der Waals surface area contributed by atoms with Gasteiger partial charge in [-0.25, -0.2) is 0 Å². The van der Waals surface area contributed by atoms with E-state index in [4.69, 9.17) is 9.47 Å². The van der Waals surface area contributed by atoms with E-state index in [1.165, 1.54) is 4.90 Å². The third-order valence-electron chi connectivity index (χ3n) is 3.56. The van der Waals surface area contributed by atoms with Gasteiger partial charge >= 0.3 is 5.97 Å². The van der Waals surface area contributed by atoms with E-state index in [0.29, 0.717) is 36.4 Å². The van der Waals surface area contributed by atoms with Gasteiger partial charge in [0.1, 0.15) is 12.3 Å². The smallest absolute Gasteiger partial charge is 0.326 e. The maximum absolute atomic E-state index is 12.4. The molecular formula is C17H21NO5. The lowest BCUT2D eigenvalue weighted by Crippen LogP contribution is -2.47. The molecule has 1 unspecified atom stereocenters. The number of carbonyl (C=O) groups is 3. The summed E-state index contributed by atoms with van der Waals surface area (Å²) in [6.07, 6.45) is 0.391. The van der Waals surface area contributed by atoms with Crippen molar-refractivity contribution in [3.8, 4) is 5.75 Å². The summed E-state index contributed by atoms with van der Waals surface area (Å²) in [5.41, 5.74) is 0.921. The summed E-state index contributed by atoms with van der Waals surface area (Å²) >= 11 is 0. The van der Waals surface area contributed by atoms with Gasteiger partial charge in [-0.15, -0.1) is 0 Å². The molecule has 1 aliphatic rings. The van der Waals surface area contributed by atoms with Crippen LogP contribution in [0.4, 0.5) is 5.69 Å². The second-order valence-electron chi connectivity index (χ2n) is 5.36. The first-order valence-corrected chi connectivity index (χ1v) is 7.78. The van der Waals surface area contributed by atoms with Crippen LogP contribution < -0.4 is 9.64 Å². The van der Waals surface area contributed by atoms with Crippen molar-refractivity contribution in [1.29, 1.82) is 0 Å². The maximum atomic E-state index is 12.4. The summed E-state index contributed by atoms with van der Waals surface area (Å²) < 4.78 is 10.6. The van der Waals surface area contributed by atoms with Gasteiger partial charge in [-0.1, -0.05) is 13.8 Å². The molecule has 6 nitrogen and oxygen atoms in total. The number of benzene rings is 1. The molecule has 0 fully saturated rings. The summed E-state index contributed by atoms with van der Waals surface area (Å²) in [7, 11) is 0. The van der Waals surface area contributed by atoms with Gasteiger partial charge in [0.05, 0.1) is 12.3 Å². The third-order valence-corrected chi connectivity index (χ3v) is 3.56. The molecule has 1 aromatic carbocycles. The van der Waals surface area contributed by atoms with Crippen LogP contribution in [0.15, 0.2) is 18.2 Å². The average Bonchev–Trinajstić information content (AvgIpc) is 2.56. The largest absolute Gasteiger partial charge is 0.479 e. The Morgan fingerprint density at radius 3 is 2.70 bits per heavy atom. The fourth-order valence-corrected chi connectivity index (χ4v) is 2.34. The Bertz CT molecular complexity index is 625. The normalized spacial score (nSPS) is 16.6. The zero-order valence-corrected chi connectivity index (χ0v) is 13.6. The predicted octanol–water partition coefficient (Wildman–Crippen LogP) is 2.35. The van der Waals surface area contributed by atoms with Gasteiger partial charge in [0, 0.05) is 12.0 Å². The van der Waals surface area contributed by atoms with E-state index < -0.39 is 12.1 Å². The molecule has 1 aromatic rings. The summed E-state index contributed by atoms with van der Waals surface area (Å²) in [5.74, 6) is -0.361. The molecule has 23 heavy (non-hydrogen) atoms. The molecule has 0 saturated carbocycles. The number of ether oxygens (including phenoxy) is 2. The first-order chi connectivity index (χ1) is 11.0. The number of hydrogen-bond acceptors (Lipinski definition) is 5. The van der Waals surface area contributed by atoms with Crippen LogP contribution in [0, 0.1) is 0 Å². The Labute approximate surface area is 135 Å². The Morgan fingerprint density at radius 2 is 2.04 bits per heavy atom. The van der Waals surface area contributed by atoms with Crippen LogP contribution in [0.25, 0.3) is 0 Å². The molecule has 1 aliphatic heterocycles. The number of anilines is 1. The van der Waals surface area contributed by atoms with Crippen molar-refractivity contribution < 1.29 is 23.9 Å². The minimum absolute atomic E-state index is 0.0348. The van der Waals surface area contributed by atoms with Gasteiger partial charge in [0.25, 0.3) is 5.91 Å². The number of Topliss-reactive ketones (excluding diaryl/α,β-unsaturated/α-hetero) is 1. The highest BCUT2D eigenvalue weighted by Gasteiger charge is 2.33. The highest BCUT2D eigenvalue weighted by Crippen LogP contribution is 2.35. The van der Waals surface area contributed by atoms with Crippen molar-refractivity contribution in [2.75, 3.05) is 18.1 Å². The average molecular weight is 319 g/mol. The van der Waals surface area contributed by atoms with Crippen molar-refractivity contribution in [2.24, 2.45) is 0 Å². The third kappa shape index (κ3) is 3.70. The Balaban J connectivity index is 2.32. The van der Waals surface area contributed by atoms with E-state index in [0.717, 1.165) is 0 Å². The van der Waals surface area contributed by atoms with Crippen LogP contribution in [-0.4, -0.2) is 36.9 Å². The monoisotopic (exact) mass is 319 g/mol. The molecule has 2 rings (SSSR count). The molecule has 0 saturated heterocycles. The second-order valence-corrected chi connectivity index (χ2v) is 5.36. The van der Waals surface area contributed by atoms with Crippen LogP contribution in [-0.2, 0) is 14.3 Å². The number of rotatable bonds is 6. The summed E-state index contributed by atoms with van der Waals surface area (Å²) in [5, 5.41) is 0. The van der Waals surface area contributed by atoms with Crippen molar-refractivity contribution >= 4 is 23.3 Å². The molecule has 0 radical (unpaired) electrons. The fourth-order valence-electron chi connectivity index (χ4n) is 2.34. The first kappa shape index (κ1) is 17.0. The van der Waals surface area contributed by atoms with E-state index in [1.54, 1.807) is 32.0 Å². The summed E-state index contributed by atoms with van der Waals surface area (Å²) in [6.45, 7) is 5.41. The van der Waals surface area contributed by atoms with Gasteiger partial charge < -0.3 is 9.47 Å². The molecule has 1 heterocycles. The minimum atomic E-state index is -0.686. The van der Waals surface area contributed by atoms with Gasteiger partial charge in [0.2, 0.25) is 0 Å². The SMILES string of the molecule is CCCOC(=O)CN1C(=O)C(C)Oc2ccc(C(=O)CC)cc21. The lowest BCUT2D eigenvalue weighted by Gasteiger charge is -2.32. The van der Waals surface area contributed by atoms with E-state index in [-0.39, 0.29) is 18.2 Å². The molecule has 0 N–H and O–H groups in total. The van der Waals surface area contributed by atoms with Gasteiger partial charge in [-0.05, 0) is 31.5 Å². The molecule has 0 bridgehead atoms. The zero-order chi connectivity index (χ0) is 17.0. The molecular weight excluding hydrogens is 298 g/mol. The van der Waals surface area contributed by atoms with E-state index in [9.17, 15) is 14.4 Å². The molecule has 124 valence electrons. The standard InChI is InChI=1S/C17H21NO5/c1-4-8-22-16(20)10-18-13-9-12(14(19)5-2)6-7-15(13)23-11(3)17(18)21/h6-7,9,11H,4-5,8,10H2,1-3H3.